The zero-order chi connectivity index (χ0) is 18.6. The van der Waals surface area contributed by atoms with Crippen LogP contribution in [0, 0.1) is 18.8 Å². The van der Waals surface area contributed by atoms with Gasteiger partial charge in [0.05, 0.1) is 12.2 Å². The van der Waals surface area contributed by atoms with Crippen LogP contribution in [0.2, 0.25) is 5.28 Å². The Morgan fingerprint density at radius 3 is 2.72 bits per heavy atom. The highest BCUT2D eigenvalue weighted by atomic mass is 35.5. The minimum atomic E-state index is -2.86. The number of alkyl halides is 2. The predicted molar refractivity (Wildman–Crippen MR) is 92.1 cm³/mol. The van der Waals surface area contributed by atoms with Crippen LogP contribution in [-0.4, -0.2) is 28.9 Å². The summed E-state index contributed by atoms with van der Waals surface area (Å²) in [5.74, 6) is 6.06. The third-order valence-electron chi connectivity index (χ3n) is 3.63. The molecule has 0 atom stereocenters. The quantitative estimate of drug-likeness (QED) is 0.739. The number of methoxy groups -OCH3 is 1. The number of hydrogen-bond donors (Lipinski definition) is 0. The van der Waals surface area contributed by atoms with Crippen LogP contribution in [0.15, 0.2) is 24.3 Å². The number of benzene rings is 1. The summed E-state index contributed by atoms with van der Waals surface area (Å²) in [6.07, 6.45) is 0. The fourth-order valence-corrected chi connectivity index (χ4v) is 2.34. The zero-order valence-corrected chi connectivity index (χ0v) is 15.2. The van der Waals surface area contributed by atoms with Crippen molar-refractivity contribution in [1.29, 1.82) is 0 Å². The van der Waals surface area contributed by atoms with Crippen molar-refractivity contribution in [3.8, 4) is 17.6 Å². The van der Waals surface area contributed by atoms with E-state index >= 15 is 0 Å². The molecule has 7 heteroatoms. The van der Waals surface area contributed by atoms with Crippen LogP contribution in [0.5, 0.6) is 5.75 Å². The smallest absolute Gasteiger partial charge is 0.387 e. The lowest BCUT2D eigenvalue weighted by molar-refractivity contribution is -0.0498. The zero-order valence-electron chi connectivity index (χ0n) is 14.4. The Labute approximate surface area is 150 Å². The van der Waals surface area contributed by atoms with Crippen LogP contribution in [0.3, 0.4) is 0 Å². The van der Waals surface area contributed by atoms with Crippen molar-refractivity contribution in [1.82, 2.24) is 9.55 Å². The molecule has 1 heterocycles. The van der Waals surface area contributed by atoms with Crippen molar-refractivity contribution in [2.75, 3.05) is 7.11 Å². The van der Waals surface area contributed by atoms with Crippen molar-refractivity contribution < 1.29 is 18.3 Å². The summed E-state index contributed by atoms with van der Waals surface area (Å²) in [5.41, 5.74) is 1.50. The Hall–Kier alpha value is -2.10. The molecule has 0 spiro atoms. The van der Waals surface area contributed by atoms with Crippen molar-refractivity contribution in [3.63, 3.8) is 0 Å². The fourth-order valence-electron chi connectivity index (χ4n) is 2.07. The van der Waals surface area contributed by atoms with Crippen LogP contribution < -0.4 is 4.74 Å². The lowest BCUT2D eigenvalue weighted by Gasteiger charge is -2.14. The molecule has 2 aromatic rings. The minimum absolute atomic E-state index is 0.100. The maximum atomic E-state index is 12.3. The topological polar surface area (TPSA) is 36.3 Å². The minimum Gasteiger partial charge on any atom is -0.435 e. The Morgan fingerprint density at radius 2 is 2.08 bits per heavy atom. The van der Waals surface area contributed by atoms with Gasteiger partial charge in [-0.15, -0.1) is 0 Å². The Balaban J connectivity index is 2.27. The van der Waals surface area contributed by atoms with E-state index < -0.39 is 12.2 Å². The van der Waals surface area contributed by atoms with Crippen molar-refractivity contribution >= 4 is 11.6 Å². The molecule has 0 unspecified atom stereocenters. The van der Waals surface area contributed by atoms with Gasteiger partial charge in [-0.1, -0.05) is 18.1 Å². The Morgan fingerprint density at radius 1 is 1.36 bits per heavy atom. The number of aromatic nitrogens is 2. The number of nitrogens with zero attached hydrogens (tertiary/aromatic N) is 2. The lowest BCUT2D eigenvalue weighted by Crippen LogP contribution is -2.19. The van der Waals surface area contributed by atoms with Gasteiger partial charge in [0.1, 0.15) is 17.0 Å². The fraction of sp³-hybridized carbons (Fsp3) is 0.389. The molecular weight excluding hydrogens is 350 g/mol. The molecule has 0 saturated carbocycles. The van der Waals surface area contributed by atoms with Gasteiger partial charge in [-0.05, 0) is 56.0 Å². The average molecular weight is 369 g/mol. The average Bonchev–Trinajstić information content (AvgIpc) is 2.80. The van der Waals surface area contributed by atoms with Crippen molar-refractivity contribution in [3.05, 3.63) is 46.5 Å². The summed E-state index contributed by atoms with van der Waals surface area (Å²) in [7, 11) is 1.58. The second-order valence-electron chi connectivity index (χ2n) is 5.89. The van der Waals surface area contributed by atoms with E-state index in [1.54, 1.807) is 29.9 Å². The molecular formula is C18H19ClF2N2O2. The Bertz CT molecular complexity index is 807. The summed E-state index contributed by atoms with van der Waals surface area (Å²) >= 11 is 6.21. The van der Waals surface area contributed by atoms with Crippen molar-refractivity contribution in [2.24, 2.45) is 0 Å². The molecule has 0 fully saturated rings. The molecule has 2 rings (SSSR count). The van der Waals surface area contributed by atoms with Gasteiger partial charge in [0.25, 0.3) is 0 Å². The predicted octanol–water partition coefficient (Wildman–Crippen LogP) is 4.27. The van der Waals surface area contributed by atoms with E-state index in [2.05, 4.69) is 21.6 Å². The van der Waals surface area contributed by atoms with Gasteiger partial charge in [-0.2, -0.15) is 8.78 Å². The molecule has 0 N–H and O–H groups in total. The maximum absolute atomic E-state index is 12.3. The van der Waals surface area contributed by atoms with Gasteiger partial charge in [-0.25, -0.2) is 4.98 Å². The molecule has 0 radical (unpaired) electrons. The first-order valence-electron chi connectivity index (χ1n) is 7.56. The molecule has 1 aromatic carbocycles. The number of rotatable bonds is 5. The largest absolute Gasteiger partial charge is 0.435 e. The van der Waals surface area contributed by atoms with Gasteiger partial charge < -0.3 is 14.0 Å². The second-order valence-corrected chi connectivity index (χ2v) is 6.23. The number of hydrogen-bond acceptors (Lipinski definition) is 3. The van der Waals surface area contributed by atoms with E-state index in [4.69, 9.17) is 16.3 Å². The highest BCUT2D eigenvalue weighted by Crippen LogP contribution is 2.21. The molecule has 0 aliphatic heterocycles. The summed E-state index contributed by atoms with van der Waals surface area (Å²) in [6.45, 7) is 3.06. The standard InChI is InChI=1S/C18H19ClF2N2O2/c1-12-15(8-9-18(2,3)24-4)22-16(19)23(12)11-13-6-5-7-14(10-13)25-17(20)21/h5-7,10,17H,11H2,1-4H3. The highest BCUT2D eigenvalue weighted by Gasteiger charge is 2.15. The van der Waals surface area contributed by atoms with E-state index in [0.717, 1.165) is 11.3 Å². The first-order valence-corrected chi connectivity index (χ1v) is 7.94. The van der Waals surface area contributed by atoms with Gasteiger partial charge in [-0.3, -0.25) is 0 Å². The normalized spacial score (nSPS) is 11.4. The van der Waals surface area contributed by atoms with Crippen LogP contribution >= 0.6 is 11.6 Å². The van der Waals surface area contributed by atoms with Gasteiger partial charge >= 0.3 is 6.61 Å². The molecule has 0 bridgehead atoms. The maximum Gasteiger partial charge on any atom is 0.387 e. The summed E-state index contributed by atoms with van der Waals surface area (Å²) in [6, 6.07) is 6.46. The number of imidazole rings is 1. The second kappa shape index (κ2) is 7.85. The third-order valence-corrected chi connectivity index (χ3v) is 3.92. The van der Waals surface area contributed by atoms with Gasteiger partial charge in [0, 0.05) is 7.11 Å². The SMILES string of the molecule is COC(C)(C)C#Cc1nc(Cl)n(Cc2cccc(OC(F)F)c2)c1C. The van der Waals surface area contributed by atoms with Crippen LogP contribution in [0.4, 0.5) is 8.78 Å². The molecule has 1 aromatic heterocycles. The molecule has 25 heavy (non-hydrogen) atoms. The molecule has 0 amide bonds. The Kier molecular flexibility index (Phi) is 6.04. The number of halogens is 3. The lowest BCUT2D eigenvalue weighted by atomic mass is 10.1. The summed E-state index contributed by atoms with van der Waals surface area (Å²) < 4.78 is 36.1. The van der Waals surface area contributed by atoms with Crippen LogP contribution in [-0.2, 0) is 11.3 Å². The van der Waals surface area contributed by atoms with E-state index in [1.807, 2.05) is 20.8 Å². The molecule has 0 aliphatic rings. The van der Waals surface area contributed by atoms with E-state index in [9.17, 15) is 8.78 Å². The first kappa shape index (κ1) is 19.2. The first-order chi connectivity index (χ1) is 11.7. The third kappa shape index (κ3) is 5.18. The van der Waals surface area contributed by atoms with Gasteiger partial charge in [0.15, 0.2) is 0 Å². The van der Waals surface area contributed by atoms with Gasteiger partial charge in [0.2, 0.25) is 5.28 Å². The van der Waals surface area contributed by atoms with E-state index in [-0.39, 0.29) is 11.0 Å². The van der Waals surface area contributed by atoms with E-state index in [1.165, 1.54) is 6.07 Å². The summed E-state index contributed by atoms with van der Waals surface area (Å²) in [4.78, 5) is 4.26. The summed E-state index contributed by atoms with van der Waals surface area (Å²) in [5, 5.41) is 0.275. The van der Waals surface area contributed by atoms with E-state index in [0.29, 0.717) is 12.2 Å². The molecule has 4 nitrogen and oxygen atoms in total. The molecule has 134 valence electrons. The number of ether oxygens (including phenoxy) is 2. The van der Waals surface area contributed by atoms with Crippen molar-refractivity contribution in [2.45, 2.75) is 39.5 Å². The monoisotopic (exact) mass is 368 g/mol. The highest BCUT2D eigenvalue weighted by molar-refractivity contribution is 6.28. The van der Waals surface area contributed by atoms with Crippen LogP contribution in [0.1, 0.15) is 30.8 Å². The molecule has 0 aliphatic carbocycles. The van der Waals surface area contributed by atoms with Crippen LogP contribution in [0.25, 0.3) is 0 Å². The molecule has 0 saturated heterocycles.